The minimum absolute atomic E-state index is 0.0192. The van der Waals surface area contributed by atoms with Crippen LogP contribution in [0.4, 0.5) is 0 Å². The number of rotatable bonds is 10. The van der Waals surface area contributed by atoms with Crippen LogP contribution in [0.1, 0.15) is 13.8 Å². The molecular formula is C10H22O5. The van der Waals surface area contributed by atoms with Gasteiger partial charge in [-0.15, -0.1) is 0 Å². The smallest absolute Gasteiger partial charge is 0.104 e. The van der Waals surface area contributed by atoms with E-state index in [-0.39, 0.29) is 32.0 Å². The van der Waals surface area contributed by atoms with Gasteiger partial charge in [-0.05, 0) is 13.8 Å². The molecule has 0 aromatic rings. The Labute approximate surface area is 91.0 Å². The molecule has 0 saturated carbocycles. The third-order valence-corrected chi connectivity index (χ3v) is 1.63. The summed E-state index contributed by atoms with van der Waals surface area (Å²) in [4.78, 5) is 0. The van der Waals surface area contributed by atoms with Crippen molar-refractivity contribution < 1.29 is 24.4 Å². The van der Waals surface area contributed by atoms with Crippen molar-refractivity contribution in [3.63, 3.8) is 0 Å². The molecular weight excluding hydrogens is 200 g/mol. The van der Waals surface area contributed by atoms with Crippen molar-refractivity contribution in [3.8, 4) is 0 Å². The zero-order valence-corrected chi connectivity index (χ0v) is 9.52. The highest BCUT2D eigenvalue weighted by Gasteiger charge is 2.07. The summed E-state index contributed by atoms with van der Waals surface area (Å²) in [5.74, 6) is 0. The molecule has 0 aliphatic carbocycles. The van der Waals surface area contributed by atoms with Gasteiger partial charge in [-0.25, -0.2) is 0 Å². The van der Waals surface area contributed by atoms with E-state index in [4.69, 9.17) is 24.4 Å². The maximum Gasteiger partial charge on any atom is 0.104 e. The molecule has 0 aromatic heterocycles. The fourth-order valence-electron chi connectivity index (χ4n) is 0.931. The number of hydrogen-bond acceptors (Lipinski definition) is 5. The van der Waals surface area contributed by atoms with Gasteiger partial charge in [0.05, 0.1) is 45.7 Å². The summed E-state index contributed by atoms with van der Waals surface area (Å²) in [6.07, 6.45) is -0.154. The molecule has 5 nitrogen and oxygen atoms in total. The van der Waals surface area contributed by atoms with Crippen molar-refractivity contribution >= 4 is 0 Å². The Morgan fingerprint density at radius 1 is 1.00 bits per heavy atom. The lowest BCUT2D eigenvalue weighted by atomic mass is 10.4. The summed E-state index contributed by atoms with van der Waals surface area (Å²) in [6, 6.07) is 0. The minimum Gasteiger partial charge on any atom is -0.394 e. The molecule has 0 heterocycles. The first-order valence-electron chi connectivity index (χ1n) is 5.23. The number of ether oxygens (including phenoxy) is 3. The molecule has 0 rings (SSSR count). The van der Waals surface area contributed by atoms with Gasteiger partial charge < -0.3 is 24.4 Å². The number of aliphatic hydroxyl groups is 2. The highest BCUT2D eigenvalue weighted by atomic mass is 16.6. The molecule has 0 aliphatic heterocycles. The van der Waals surface area contributed by atoms with Crippen LogP contribution in [0.15, 0.2) is 0 Å². The lowest BCUT2D eigenvalue weighted by Gasteiger charge is -2.16. The third kappa shape index (κ3) is 10.1. The minimum atomic E-state index is -0.340. The Bertz CT molecular complexity index is 129. The Morgan fingerprint density at radius 2 is 1.67 bits per heavy atom. The highest BCUT2D eigenvalue weighted by molar-refractivity contribution is 4.53. The van der Waals surface area contributed by atoms with Gasteiger partial charge in [0.25, 0.3) is 0 Å². The SMILES string of the molecule is CC(C)OCCOC(CO)COCCO. The monoisotopic (exact) mass is 222 g/mol. The van der Waals surface area contributed by atoms with E-state index in [1.54, 1.807) is 0 Å². The molecule has 0 bridgehead atoms. The highest BCUT2D eigenvalue weighted by Crippen LogP contribution is 1.94. The van der Waals surface area contributed by atoms with Gasteiger partial charge in [-0.3, -0.25) is 0 Å². The zero-order valence-electron chi connectivity index (χ0n) is 9.52. The van der Waals surface area contributed by atoms with Gasteiger partial charge in [0.1, 0.15) is 6.10 Å². The molecule has 92 valence electrons. The summed E-state index contributed by atoms with van der Waals surface area (Å²) in [5, 5.41) is 17.4. The van der Waals surface area contributed by atoms with E-state index < -0.39 is 0 Å². The Hall–Kier alpha value is -0.200. The Morgan fingerprint density at radius 3 is 2.20 bits per heavy atom. The maximum atomic E-state index is 8.93. The first-order chi connectivity index (χ1) is 7.20. The molecule has 1 unspecified atom stereocenters. The second kappa shape index (κ2) is 10.3. The van der Waals surface area contributed by atoms with Gasteiger partial charge >= 0.3 is 0 Å². The number of aliphatic hydroxyl groups excluding tert-OH is 2. The van der Waals surface area contributed by atoms with Gasteiger partial charge in [0, 0.05) is 0 Å². The van der Waals surface area contributed by atoms with Gasteiger partial charge in [0.2, 0.25) is 0 Å². The molecule has 0 aromatic carbocycles. The summed E-state index contributed by atoms with van der Waals surface area (Å²) in [6.45, 7) is 5.30. The molecule has 0 fully saturated rings. The van der Waals surface area contributed by atoms with Gasteiger partial charge in [-0.1, -0.05) is 0 Å². The summed E-state index contributed by atoms with van der Waals surface area (Å²) in [7, 11) is 0. The van der Waals surface area contributed by atoms with Crippen LogP contribution in [-0.4, -0.2) is 62.1 Å². The van der Waals surface area contributed by atoms with Crippen LogP contribution in [0, 0.1) is 0 Å². The Kier molecular flexibility index (Phi) is 10.2. The van der Waals surface area contributed by atoms with E-state index in [0.717, 1.165) is 0 Å². The van der Waals surface area contributed by atoms with E-state index in [1.807, 2.05) is 13.8 Å². The van der Waals surface area contributed by atoms with E-state index in [0.29, 0.717) is 19.8 Å². The second-order valence-electron chi connectivity index (χ2n) is 3.39. The predicted octanol–water partition coefficient (Wildman–Crippen LogP) is -0.202. The summed E-state index contributed by atoms with van der Waals surface area (Å²) < 4.78 is 15.6. The fraction of sp³-hybridized carbons (Fsp3) is 1.00. The van der Waals surface area contributed by atoms with Crippen LogP contribution in [0.3, 0.4) is 0 Å². The van der Waals surface area contributed by atoms with Crippen LogP contribution in [0.2, 0.25) is 0 Å². The van der Waals surface area contributed by atoms with E-state index in [9.17, 15) is 0 Å². The van der Waals surface area contributed by atoms with Crippen LogP contribution in [0.5, 0.6) is 0 Å². The van der Waals surface area contributed by atoms with Crippen molar-refractivity contribution in [3.05, 3.63) is 0 Å². The molecule has 15 heavy (non-hydrogen) atoms. The first kappa shape index (κ1) is 14.8. The van der Waals surface area contributed by atoms with E-state index in [1.165, 1.54) is 0 Å². The fourth-order valence-corrected chi connectivity index (χ4v) is 0.931. The molecule has 0 saturated heterocycles. The second-order valence-corrected chi connectivity index (χ2v) is 3.39. The van der Waals surface area contributed by atoms with E-state index in [2.05, 4.69) is 0 Å². The zero-order chi connectivity index (χ0) is 11.5. The average molecular weight is 222 g/mol. The van der Waals surface area contributed by atoms with Gasteiger partial charge in [0.15, 0.2) is 0 Å². The lowest BCUT2D eigenvalue weighted by molar-refractivity contribution is -0.0677. The lowest BCUT2D eigenvalue weighted by Crippen LogP contribution is -2.26. The summed E-state index contributed by atoms with van der Waals surface area (Å²) in [5.41, 5.74) is 0. The molecule has 0 amide bonds. The molecule has 1 atom stereocenters. The average Bonchev–Trinajstić information content (AvgIpc) is 2.21. The largest absolute Gasteiger partial charge is 0.394 e. The van der Waals surface area contributed by atoms with Crippen LogP contribution < -0.4 is 0 Å². The maximum absolute atomic E-state index is 8.93. The first-order valence-corrected chi connectivity index (χ1v) is 5.23. The third-order valence-electron chi connectivity index (χ3n) is 1.63. The topological polar surface area (TPSA) is 68.2 Å². The predicted molar refractivity (Wildman–Crippen MR) is 55.8 cm³/mol. The quantitative estimate of drug-likeness (QED) is 0.501. The standard InChI is InChI=1S/C10H22O5/c1-9(2)14-5-6-15-10(7-12)8-13-4-3-11/h9-12H,3-8H2,1-2H3. The molecule has 0 aliphatic rings. The Balaban J connectivity index is 3.35. The van der Waals surface area contributed by atoms with Crippen LogP contribution in [0.25, 0.3) is 0 Å². The van der Waals surface area contributed by atoms with Crippen molar-refractivity contribution in [2.45, 2.75) is 26.1 Å². The molecule has 0 spiro atoms. The van der Waals surface area contributed by atoms with Crippen molar-refractivity contribution in [1.82, 2.24) is 0 Å². The van der Waals surface area contributed by atoms with Crippen molar-refractivity contribution in [2.24, 2.45) is 0 Å². The van der Waals surface area contributed by atoms with Crippen molar-refractivity contribution in [2.75, 3.05) is 39.6 Å². The van der Waals surface area contributed by atoms with Crippen molar-refractivity contribution in [1.29, 1.82) is 0 Å². The van der Waals surface area contributed by atoms with Crippen LogP contribution >= 0.6 is 0 Å². The molecule has 2 N–H and O–H groups in total. The summed E-state index contributed by atoms with van der Waals surface area (Å²) >= 11 is 0. The molecule has 5 heteroatoms. The van der Waals surface area contributed by atoms with Crippen LogP contribution in [-0.2, 0) is 14.2 Å². The van der Waals surface area contributed by atoms with E-state index >= 15 is 0 Å². The normalized spacial score (nSPS) is 13.4. The van der Waals surface area contributed by atoms with Gasteiger partial charge in [-0.2, -0.15) is 0 Å². The number of hydrogen-bond donors (Lipinski definition) is 2. The molecule has 0 radical (unpaired) electrons.